The largest absolute Gasteiger partial charge is 0.250 e. The van der Waals surface area contributed by atoms with Gasteiger partial charge in [-0.25, -0.2) is 12.8 Å². The molecule has 1 N–H and O–H groups in total. The molecule has 0 saturated carbocycles. The number of nitrogens with one attached hydrogen (secondary N) is 1. The average Bonchev–Trinajstić information content (AvgIpc) is 2.84. The average molecular weight is 374 g/mol. The lowest BCUT2D eigenvalue weighted by Gasteiger charge is -1.99. The van der Waals surface area contributed by atoms with Gasteiger partial charge in [0, 0.05) is 5.56 Å². The van der Waals surface area contributed by atoms with E-state index in [-0.39, 0.29) is 16.6 Å². The van der Waals surface area contributed by atoms with Gasteiger partial charge in [-0.05, 0) is 52.3 Å². The van der Waals surface area contributed by atoms with E-state index >= 15 is 0 Å². The Kier molecular flexibility index (Phi) is 4.94. The molecule has 0 bridgehead atoms. The second-order valence-corrected chi connectivity index (χ2v) is 8.15. The van der Waals surface area contributed by atoms with Crippen molar-refractivity contribution in [2.24, 2.45) is 0 Å². The van der Waals surface area contributed by atoms with Crippen molar-refractivity contribution in [2.75, 3.05) is 6.54 Å². The predicted octanol–water partition coefficient (Wildman–Crippen LogP) is 2.98. The second-order valence-electron chi connectivity index (χ2n) is 3.69. The van der Waals surface area contributed by atoms with Crippen LogP contribution in [-0.4, -0.2) is 15.0 Å². The highest BCUT2D eigenvalue weighted by Crippen LogP contribution is 2.25. The van der Waals surface area contributed by atoms with Crippen LogP contribution < -0.4 is 4.72 Å². The molecule has 0 amide bonds. The molecule has 0 unspecified atom stereocenters. The molecule has 0 aliphatic heterocycles. The second kappa shape index (κ2) is 6.50. The molecule has 0 aliphatic rings. The van der Waals surface area contributed by atoms with Crippen molar-refractivity contribution in [1.82, 2.24) is 4.72 Å². The van der Waals surface area contributed by atoms with E-state index in [0.29, 0.717) is 5.56 Å². The molecule has 104 valence electrons. The van der Waals surface area contributed by atoms with Crippen molar-refractivity contribution in [3.63, 3.8) is 0 Å². The number of hydrogen-bond acceptors (Lipinski definition) is 3. The first-order valence-corrected chi connectivity index (χ1v) is 8.56. The summed E-state index contributed by atoms with van der Waals surface area (Å²) in [4.78, 5) is 0. The smallest absolute Gasteiger partial charge is 0.207 e. The summed E-state index contributed by atoms with van der Waals surface area (Å²) in [5, 5.41) is 0. The number of thiophene rings is 1. The molecular formula is C13H9BrFNO2S2. The van der Waals surface area contributed by atoms with E-state index in [4.69, 9.17) is 0 Å². The minimum Gasteiger partial charge on any atom is -0.207 e. The summed E-state index contributed by atoms with van der Waals surface area (Å²) in [5.74, 6) is 5.10. The molecule has 0 aliphatic carbocycles. The van der Waals surface area contributed by atoms with Crippen LogP contribution >= 0.6 is 27.3 Å². The van der Waals surface area contributed by atoms with Gasteiger partial charge in [-0.2, -0.15) is 4.72 Å². The summed E-state index contributed by atoms with van der Waals surface area (Å²) in [6, 6.07) is 8.86. The maximum atomic E-state index is 12.7. The summed E-state index contributed by atoms with van der Waals surface area (Å²) in [6.45, 7) is -0.00473. The molecule has 3 nitrogen and oxygen atoms in total. The summed E-state index contributed by atoms with van der Waals surface area (Å²) in [7, 11) is -3.52. The molecule has 1 aromatic heterocycles. The Hall–Kier alpha value is -1.20. The van der Waals surface area contributed by atoms with Gasteiger partial charge >= 0.3 is 0 Å². The zero-order valence-electron chi connectivity index (χ0n) is 10.1. The van der Waals surface area contributed by atoms with Crippen LogP contribution in [0.2, 0.25) is 0 Å². The van der Waals surface area contributed by atoms with Gasteiger partial charge in [-0.15, -0.1) is 11.3 Å². The zero-order chi connectivity index (χ0) is 14.6. The third kappa shape index (κ3) is 4.15. The van der Waals surface area contributed by atoms with Crippen LogP contribution in [0, 0.1) is 17.7 Å². The molecule has 0 fully saturated rings. The predicted molar refractivity (Wildman–Crippen MR) is 80.5 cm³/mol. The Balaban J connectivity index is 1.98. The van der Waals surface area contributed by atoms with Gasteiger partial charge in [0.1, 0.15) is 10.0 Å². The van der Waals surface area contributed by atoms with Crippen LogP contribution in [0.3, 0.4) is 0 Å². The van der Waals surface area contributed by atoms with Gasteiger partial charge in [0.15, 0.2) is 0 Å². The summed E-state index contributed by atoms with van der Waals surface area (Å²) in [6.07, 6.45) is 0. The molecular weight excluding hydrogens is 365 g/mol. The van der Waals surface area contributed by atoms with Crippen molar-refractivity contribution in [1.29, 1.82) is 0 Å². The molecule has 2 rings (SSSR count). The van der Waals surface area contributed by atoms with Gasteiger partial charge in [0.05, 0.1) is 10.3 Å². The lowest BCUT2D eigenvalue weighted by atomic mass is 10.2. The van der Waals surface area contributed by atoms with Crippen LogP contribution in [-0.2, 0) is 10.0 Å². The molecule has 20 heavy (non-hydrogen) atoms. The van der Waals surface area contributed by atoms with Crippen molar-refractivity contribution < 1.29 is 12.8 Å². The van der Waals surface area contributed by atoms with Gasteiger partial charge in [-0.1, -0.05) is 11.8 Å². The Bertz CT molecular complexity index is 758. The van der Waals surface area contributed by atoms with Gasteiger partial charge in [0.25, 0.3) is 10.0 Å². The number of halogens is 2. The van der Waals surface area contributed by atoms with E-state index < -0.39 is 10.0 Å². The van der Waals surface area contributed by atoms with Crippen molar-refractivity contribution in [2.45, 2.75) is 4.21 Å². The van der Waals surface area contributed by atoms with Crippen LogP contribution in [0.4, 0.5) is 4.39 Å². The van der Waals surface area contributed by atoms with Gasteiger partial charge < -0.3 is 0 Å². The quantitative estimate of drug-likeness (QED) is 0.840. The normalized spacial score (nSPS) is 10.9. The SMILES string of the molecule is O=S(=O)(NCC#Cc1ccc(F)cc1)c1ccc(Br)s1. The minimum absolute atomic E-state index is 0.00473. The third-order valence-electron chi connectivity index (χ3n) is 2.24. The Morgan fingerprint density at radius 2 is 1.90 bits per heavy atom. The fourth-order valence-electron chi connectivity index (χ4n) is 1.32. The molecule has 0 radical (unpaired) electrons. The first-order valence-electron chi connectivity index (χ1n) is 5.47. The fraction of sp³-hybridized carbons (Fsp3) is 0.0769. The maximum absolute atomic E-state index is 12.7. The number of sulfonamides is 1. The van der Waals surface area contributed by atoms with Gasteiger partial charge in [-0.3, -0.25) is 0 Å². The van der Waals surface area contributed by atoms with E-state index in [1.165, 1.54) is 30.3 Å². The highest BCUT2D eigenvalue weighted by atomic mass is 79.9. The molecule has 0 spiro atoms. The summed E-state index contributed by atoms with van der Waals surface area (Å²) in [5.41, 5.74) is 0.629. The Morgan fingerprint density at radius 1 is 1.20 bits per heavy atom. The highest BCUT2D eigenvalue weighted by molar-refractivity contribution is 9.11. The van der Waals surface area contributed by atoms with Crippen molar-refractivity contribution in [3.05, 3.63) is 51.6 Å². The van der Waals surface area contributed by atoms with Crippen molar-refractivity contribution >= 4 is 37.3 Å². The molecule has 0 atom stereocenters. The number of benzene rings is 1. The monoisotopic (exact) mass is 373 g/mol. The zero-order valence-corrected chi connectivity index (χ0v) is 13.3. The highest BCUT2D eigenvalue weighted by Gasteiger charge is 2.14. The van der Waals surface area contributed by atoms with Crippen LogP contribution in [0.5, 0.6) is 0 Å². The van der Waals surface area contributed by atoms with Crippen LogP contribution in [0.15, 0.2) is 44.4 Å². The molecule has 0 saturated heterocycles. The number of rotatable bonds is 3. The first-order chi connectivity index (χ1) is 9.47. The Morgan fingerprint density at radius 3 is 2.50 bits per heavy atom. The maximum Gasteiger partial charge on any atom is 0.250 e. The molecule has 7 heteroatoms. The fourth-order valence-corrected chi connectivity index (χ4v) is 4.30. The van der Waals surface area contributed by atoms with Crippen LogP contribution in [0.25, 0.3) is 0 Å². The van der Waals surface area contributed by atoms with E-state index in [1.54, 1.807) is 6.07 Å². The van der Waals surface area contributed by atoms with Crippen LogP contribution in [0.1, 0.15) is 5.56 Å². The lowest BCUT2D eigenvalue weighted by molar-refractivity contribution is 0.588. The minimum atomic E-state index is -3.52. The molecule has 1 aromatic carbocycles. The summed E-state index contributed by atoms with van der Waals surface area (Å²) >= 11 is 4.34. The molecule has 1 heterocycles. The topological polar surface area (TPSA) is 46.2 Å². The number of hydrogen-bond donors (Lipinski definition) is 1. The van der Waals surface area contributed by atoms with Crippen molar-refractivity contribution in [3.8, 4) is 11.8 Å². The standard InChI is InChI=1S/C13H9BrFNO2S2/c14-12-7-8-13(19-12)20(17,18)16-9-1-2-10-3-5-11(15)6-4-10/h3-8,16H,9H2. The van der Waals surface area contributed by atoms with E-state index in [9.17, 15) is 12.8 Å². The third-order valence-corrected chi connectivity index (χ3v) is 5.76. The van der Waals surface area contributed by atoms with E-state index in [0.717, 1.165) is 15.1 Å². The molecule has 2 aromatic rings. The van der Waals surface area contributed by atoms with Gasteiger partial charge in [0.2, 0.25) is 0 Å². The lowest BCUT2D eigenvalue weighted by Crippen LogP contribution is -2.23. The Labute approximate surface area is 129 Å². The van der Waals surface area contributed by atoms with E-state index in [1.807, 2.05) is 0 Å². The van der Waals surface area contributed by atoms with E-state index in [2.05, 4.69) is 32.5 Å². The summed E-state index contributed by atoms with van der Waals surface area (Å²) < 4.78 is 39.8. The first kappa shape index (κ1) is 15.2.